The van der Waals surface area contributed by atoms with Crippen molar-refractivity contribution in [2.24, 2.45) is 52.3 Å². The molecule has 1 fully saturated rings. The molecule has 1 aliphatic rings. The molecule has 1 aromatic carbocycles. The lowest BCUT2D eigenvalue weighted by atomic mass is 9.98. The lowest BCUT2D eigenvalue weighted by molar-refractivity contribution is -0.144. The van der Waals surface area contributed by atoms with Gasteiger partial charge in [-0.2, -0.15) is 0 Å². The van der Waals surface area contributed by atoms with Gasteiger partial charge in [0.05, 0.1) is 12.1 Å². The Morgan fingerprint density at radius 3 is 1.25 bits per heavy atom. The molecule has 578 valence electrons. The van der Waals surface area contributed by atoms with Crippen LogP contribution in [0.15, 0.2) is 24.3 Å². The first kappa shape index (κ1) is 90.0. The largest absolute Gasteiger partial charge is 0.508 e. The number of benzene rings is 1. The van der Waals surface area contributed by atoms with E-state index < -0.39 is 179 Å². The zero-order valence-electron chi connectivity index (χ0n) is 61.5. The fraction of sp³-hybridized carbons (Fsp3) is 0.725. The van der Waals surface area contributed by atoms with Crippen LogP contribution in [-0.4, -0.2) is 214 Å². The minimum Gasteiger partial charge on any atom is -0.508 e. The molecule has 0 aromatic heterocycles. The van der Waals surface area contributed by atoms with E-state index in [1.165, 1.54) is 49.9 Å². The molecule has 12 amide bonds. The van der Waals surface area contributed by atoms with Crippen molar-refractivity contribution in [1.29, 1.82) is 0 Å². The highest BCUT2D eigenvalue weighted by Gasteiger charge is 2.42. The number of aliphatic hydroxyl groups is 1. The maximum atomic E-state index is 14.7. The van der Waals surface area contributed by atoms with Gasteiger partial charge in [-0.05, 0) is 178 Å². The number of carbonyl (C=O) groups excluding carboxylic acids is 12. The zero-order valence-corrected chi connectivity index (χ0v) is 61.5. The zero-order chi connectivity index (χ0) is 77.1. The van der Waals surface area contributed by atoms with Gasteiger partial charge in [0.2, 0.25) is 70.9 Å². The second-order valence-corrected chi connectivity index (χ2v) is 28.0. The number of aromatic hydroxyl groups is 1. The monoisotopic (exact) mass is 1440 g/mol. The number of nitrogens with zero attached hydrogens (tertiary/aromatic N) is 1. The van der Waals surface area contributed by atoms with Crippen molar-refractivity contribution >= 4 is 76.9 Å². The van der Waals surface area contributed by atoms with Crippen molar-refractivity contribution in [3.05, 3.63) is 29.8 Å². The normalized spacial score (nSPS) is 16.8. The maximum absolute atomic E-state index is 14.7. The van der Waals surface area contributed by atoms with Gasteiger partial charge in [0, 0.05) is 13.0 Å². The van der Waals surface area contributed by atoms with Gasteiger partial charge in [0.25, 0.3) is 0 Å². The van der Waals surface area contributed by atoms with Gasteiger partial charge in [-0.25, -0.2) is 4.79 Å². The number of aliphatic hydroxyl groups excluding tert-OH is 1. The number of amides is 12. The summed E-state index contributed by atoms with van der Waals surface area (Å²) in [5.74, 6) is -12.6. The number of aliphatic carboxylic acids is 1. The van der Waals surface area contributed by atoms with Gasteiger partial charge in [0.15, 0.2) is 0 Å². The second-order valence-electron chi connectivity index (χ2n) is 28.0. The Labute approximate surface area is 599 Å². The Morgan fingerprint density at radius 1 is 0.441 bits per heavy atom. The minimum atomic E-state index is -1.75. The molecule has 0 spiro atoms. The van der Waals surface area contributed by atoms with Crippen molar-refractivity contribution in [3.8, 4) is 5.75 Å². The molecule has 0 aliphatic carbocycles. The molecular formula is C69H121N17O16. The smallest absolute Gasteiger partial charge is 0.326 e. The fourth-order valence-corrected chi connectivity index (χ4v) is 11.3. The first-order valence-corrected chi connectivity index (χ1v) is 35.9. The third-order valence-electron chi connectivity index (χ3n) is 17.5. The summed E-state index contributed by atoms with van der Waals surface area (Å²) in [5, 5.41) is 59.6. The number of likely N-dealkylation sites (tertiary alicyclic amines) is 1. The van der Waals surface area contributed by atoms with Gasteiger partial charge in [-0.15, -0.1) is 0 Å². The second kappa shape index (κ2) is 46.5. The van der Waals surface area contributed by atoms with Crippen LogP contribution in [0, 0.1) is 23.7 Å². The van der Waals surface area contributed by atoms with E-state index in [0.717, 1.165) is 0 Å². The Morgan fingerprint density at radius 2 is 0.814 bits per heavy atom. The highest BCUT2D eigenvalue weighted by Crippen LogP contribution is 2.22. The summed E-state index contributed by atoms with van der Waals surface area (Å²) in [5.41, 5.74) is 29.5. The van der Waals surface area contributed by atoms with Crippen molar-refractivity contribution < 1.29 is 77.6 Å². The number of rotatable bonds is 48. The lowest BCUT2D eigenvalue weighted by Crippen LogP contribution is -2.62. The molecule has 33 nitrogen and oxygen atoms in total. The Hall–Kier alpha value is -8.11. The Bertz CT molecular complexity index is 2880. The number of carboxylic acid groups (broad SMARTS) is 1. The molecule has 102 heavy (non-hydrogen) atoms. The van der Waals surface area contributed by atoms with E-state index in [1.807, 2.05) is 13.8 Å². The van der Waals surface area contributed by atoms with Crippen molar-refractivity contribution in [1.82, 2.24) is 63.4 Å². The molecule has 1 aromatic rings. The standard InChI is InChI=1S/C69H121N17O16/c1-37(2)35-50(63(95)84-55(40(7)8)69(101)102)80-64(96)52-25-20-34-86(52)68(100)51(36-44-26-28-45(88)29-27-44)81-67(99)56(43(11)87)85-58(90)42(10)75-57(89)41(9)76-65(97)53(38(3)4)83-66(98)54(39(5)6)82-62(94)49(24-15-19-33-73)79-61(93)48(23-14-18-32-72)78-60(92)47(22-13-17-31-71)77-59(91)46(74)21-12-16-30-70/h26-29,37-43,46-56,87-88H,12-25,30-36,70-74H2,1-11H3,(H,75,89)(H,76,97)(H,77,91)(H,78,92)(H,79,93)(H,80,96)(H,81,99)(H,82,94)(H,83,98)(H,84,95)(H,85,90)(H,101,102)/t41-,42-,43+,46-,47-,48-,49-,50-,51-,52-,53-,54-,55-,56-/m0/s1. The van der Waals surface area contributed by atoms with Gasteiger partial charge in [-0.3, -0.25) is 57.5 Å². The number of carboxylic acids is 1. The van der Waals surface area contributed by atoms with Gasteiger partial charge < -0.3 is 107 Å². The summed E-state index contributed by atoms with van der Waals surface area (Å²) in [7, 11) is 0. The molecule has 14 atom stereocenters. The van der Waals surface area contributed by atoms with Crippen LogP contribution < -0.4 is 87.2 Å². The van der Waals surface area contributed by atoms with Gasteiger partial charge in [-0.1, -0.05) is 73.9 Å². The SMILES string of the molecule is CC(C)C[C@H](NC(=O)[C@@H]1CCCN1C(=O)[C@H](Cc1ccc(O)cc1)NC(=O)[C@@H](NC(=O)[C@H](C)NC(=O)[C@H](C)NC(=O)[C@@H](NC(=O)[C@@H](NC(=O)[C@H](CCCCN)NC(=O)[C@H](CCCCN)NC(=O)[C@H](CCCCN)NC(=O)[C@@H](N)CCCCN)C(C)C)C(C)C)[C@@H](C)O)C(=O)N[C@H](C(=O)O)C(C)C. The third-order valence-corrected chi connectivity index (χ3v) is 17.5. The Kier molecular flexibility index (Phi) is 41.0. The van der Waals surface area contributed by atoms with Crippen LogP contribution in [0.3, 0.4) is 0 Å². The van der Waals surface area contributed by atoms with E-state index in [4.69, 9.17) is 28.7 Å². The molecule has 1 heterocycles. The van der Waals surface area contributed by atoms with Crippen molar-refractivity contribution in [2.75, 3.05) is 32.7 Å². The molecule has 0 saturated carbocycles. The van der Waals surface area contributed by atoms with Crippen LogP contribution in [-0.2, 0) is 68.7 Å². The summed E-state index contributed by atoms with van der Waals surface area (Å²) in [4.78, 5) is 181. The van der Waals surface area contributed by atoms with Crippen molar-refractivity contribution in [2.45, 2.75) is 264 Å². The first-order valence-electron chi connectivity index (χ1n) is 35.9. The van der Waals surface area contributed by atoms with Crippen LogP contribution in [0.2, 0.25) is 0 Å². The number of phenolic OH excluding ortho intramolecular Hbond substituents is 1. The predicted octanol–water partition coefficient (Wildman–Crippen LogP) is -2.38. The van der Waals surface area contributed by atoms with Crippen LogP contribution >= 0.6 is 0 Å². The van der Waals surface area contributed by atoms with Crippen LogP contribution in [0.1, 0.15) is 178 Å². The van der Waals surface area contributed by atoms with Crippen LogP contribution in [0.5, 0.6) is 5.75 Å². The summed E-state index contributed by atoms with van der Waals surface area (Å²) in [6, 6.07) is -10.9. The average molecular weight is 1440 g/mol. The van der Waals surface area contributed by atoms with E-state index in [0.29, 0.717) is 89.4 Å². The quantitative estimate of drug-likeness (QED) is 0.0303. The average Bonchev–Trinajstić information content (AvgIpc) is 1.58. The van der Waals surface area contributed by atoms with E-state index in [2.05, 4.69) is 58.5 Å². The predicted molar refractivity (Wildman–Crippen MR) is 382 cm³/mol. The Balaban J connectivity index is 2.31. The first-order chi connectivity index (χ1) is 48.0. The maximum Gasteiger partial charge on any atom is 0.326 e. The number of hydrogen-bond donors (Lipinski definition) is 19. The number of nitrogens with two attached hydrogens (primary N) is 5. The van der Waals surface area contributed by atoms with E-state index in [-0.39, 0.29) is 63.3 Å². The number of carbonyl (C=O) groups is 13. The molecule has 24 N–H and O–H groups in total. The fourth-order valence-electron chi connectivity index (χ4n) is 11.3. The van der Waals surface area contributed by atoms with E-state index >= 15 is 0 Å². The van der Waals surface area contributed by atoms with Crippen molar-refractivity contribution in [3.63, 3.8) is 0 Å². The molecule has 0 unspecified atom stereocenters. The van der Waals surface area contributed by atoms with Gasteiger partial charge in [0.1, 0.15) is 78.3 Å². The highest BCUT2D eigenvalue weighted by molar-refractivity contribution is 6.00. The molecule has 0 radical (unpaired) electrons. The van der Waals surface area contributed by atoms with Gasteiger partial charge >= 0.3 is 5.97 Å². The summed E-state index contributed by atoms with van der Waals surface area (Å²) in [6.07, 6.45) is 3.55. The molecule has 1 saturated heterocycles. The molecular weight excluding hydrogens is 1320 g/mol. The van der Waals surface area contributed by atoms with E-state index in [9.17, 15) is 77.6 Å². The minimum absolute atomic E-state index is 0.0506. The number of unbranched alkanes of at least 4 members (excludes halogenated alkanes) is 4. The van der Waals surface area contributed by atoms with Crippen LogP contribution in [0.4, 0.5) is 0 Å². The molecule has 1 aliphatic heterocycles. The number of hydrogen-bond acceptors (Lipinski definition) is 20. The highest BCUT2D eigenvalue weighted by atomic mass is 16.4. The summed E-state index contributed by atoms with van der Waals surface area (Å²) >= 11 is 0. The number of phenols is 1. The van der Waals surface area contributed by atoms with E-state index in [1.54, 1.807) is 41.5 Å². The third kappa shape index (κ3) is 31.2. The lowest BCUT2D eigenvalue weighted by Gasteiger charge is -2.31. The molecule has 0 bridgehead atoms. The summed E-state index contributed by atoms with van der Waals surface area (Å²) < 4.78 is 0. The molecule has 2 rings (SSSR count). The van der Waals surface area contributed by atoms with Crippen LogP contribution in [0.25, 0.3) is 0 Å². The topological polar surface area (TPSA) is 548 Å². The molecule has 33 heteroatoms. The summed E-state index contributed by atoms with van der Waals surface area (Å²) in [6.45, 7) is 18.5. The number of nitrogens with one attached hydrogen (secondary N) is 11.